The van der Waals surface area contributed by atoms with Gasteiger partial charge in [-0.2, -0.15) is 0 Å². The molecule has 0 bridgehead atoms. The molecule has 0 aliphatic heterocycles. The second-order valence-electron chi connectivity index (χ2n) is 9.60. The molecular weight excluding hydrogens is 422 g/mol. The second kappa shape index (κ2) is 12.8. The molecule has 1 N–H and O–H groups in total. The van der Waals surface area contributed by atoms with Gasteiger partial charge in [0.15, 0.2) is 0 Å². The predicted octanol–water partition coefficient (Wildman–Crippen LogP) is 9.08. The number of hydrogen-bond acceptors (Lipinski definition) is 2. The number of carbonyl (C=O) groups excluding carboxylic acids is 1. The fourth-order valence-corrected chi connectivity index (χ4v) is 5.76. The Hall–Kier alpha value is -2.26. The number of para-hydroxylation sites is 1. The first-order valence-corrected chi connectivity index (χ1v) is 13.3. The molecule has 0 heterocycles. The Balaban J connectivity index is 1.52. The van der Waals surface area contributed by atoms with E-state index >= 15 is 0 Å². The molecule has 2 aromatic rings. The molecule has 0 radical (unpaired) electrons. The van der Waals surface area contributed by atoms with Crippen molar-refractivity contribution in [3.8, 4) is 11.1 Å². The highest BCUT2D eigenvalue weighted by Gasteiger charge is 2.24. The number of amides is 1. The molecular formula is C30H39NOS. The van der Waals surface area contributed by atoms with Gasteiger partial charge in [-0.05, 0) is 78.7 Å². The minimum atomic E-state index is -0.0627. The van der Waals surface area contributed by atoms with Crippen LogP contribution in [0.2, 0.25) is 0 Å². The van der Waals surface area contributed by atoms with Gasteiger partial charge in [0, 0.05) is 16.8 Å². The zero-order valence-corrected chi connectivity index (χ0v) is 21.3. The van der Waals surface area contributed by atoms with Crippen LogP contribution < -0.4 is 5.32 Å². The number of thioether (sulfide) groups is 1. The number of allylic oxidation sites excluding steroid dienone is 1. The summed E-state index contributed by atoms with van der Waals surface area (Å²) in [6.07, 6.45) is 9.13. The summed E-state index contributed by atoms with van der Waals surface area (Å²) in [7, 11) is 0. The van der Waals surface area contributed by atoms with Crippen LogP contribution in [0.3, 0.4) is 0 Å². The molecule has 2 aromatic carbocycles. The van der Waals surface area contributed by atoms with Gasteiger partial charge in [-0.25, -0.2) is 0 Å². The van der Waals surface area contributed by atoms with Gasteiger partial charge in [0.1, 0.15) is 0 Å². The van der Waals surface area contributed by atoms with Crippen molar-refractivity contribution < 1.29 is 4.79 Å². The molecule has 1 aliphatic carbocycles. The summed E-state index contributed by atoms with van der Waals surface area (Å²) in [6, 6.07) is 18.1. The molecule has 2 nitrogen and oxygen atoms in total. The Labute approximate surface area is 205 Å². The van der Waals surface area contributed by atoms with Crippen molar-refractivity contribution in [2.24, 2.45) is 17.8 Å². The third-order valence-corrected chi connectivity index (χ3v) is 7.93. The molecule has 1 atom stereocenters. The third-order valence-electron chi connectivity index (χ3n) is 6.82. The summed E-state index contributed by atoms with van der Waals surface area (Å²) in [5.74, 6) is 2.24. The first kappa shape index (κ1) is 25.4. The number of benzene rings is 2. The minimum absolute atomic E-state index is 0.0627. The molecule has 1 saturated carbocycles. The number of anilines is 1. The van der Waals surface area contributed by atoms with Crippen molar-refractivity contribution in [2.75, 3.05) is 5.32 Å². The number of nitrogens with one attached hydrogen (secondary N) is 1. The maximum Gasteiger partial charge on any atom is 0.251 e. The summed E-state index contributed by atoms with van der Waals surface area (Å²) >= 11 is 1.64. The smallest absolute Gasteiger partial charge is 0.251 e. The molecule has 1 unspecified atom stereocenters. The average molecular weight is 462 g/mol. The summed E-state index contributed by atoms with van der Waals surface area (Å²) in [6.45, 7) is 10.9. The Kier molecular flexibility index (Phi) is 9.87. The van der Waals surface area contributed by atoms with Gasteiger partial charge in [0.2, 0.25) is 0 Å². The molecule has 0 saturated heterocycles. The minimum Gasteiger partial charge on any atom is -0.322 e. The largest absolute Gasteiger partial charge is 0.322 e. The van der Waals surface area contributed by atoms with Crippen LogP contribution in [0.25, 0.3) is 11.1 Å². The van der Waals surface area contributed by atoms with Crippen molar-refractivity contribution in [3.63, 3.8) is 0 Å². The number of hydrogen-bond donors (Lipinski definition) is 1. The van der Waals surface area contributed by atoms with Crippen LogP contribution in [0.1, 0.15) is 65.7 Å². The lowest BCUT2D eigenvalue weighted by Crippen LogP contribution is -2.17. The lowest BCUT2D eigenvalue weighted by atomic mass is 9.77. The molecule has 1 fully saturated rings. The molecule has 1 aliphatic rings. The Morgan fingerprint density at radius 3 is 2.45 bits per heavy atom. The summed E-state index contributed by atoms with van der Waals surface area (Å²) < 4.78 is 0. The van der Waals surface area contributed by atoms with Gasteiger partial charge < -0.3 is 5.32 Å². The van der Waals surface area contributed by atoms with Crippen LogP contribution in [-0.2, 0) is 4.79 Å². The van der Waals surface area contributed by atoms with E-state index in [1.54, 1.807) is 11.8 Å². The van der Waals surface area contributed by atoms with Crippen LogP contribution in [0.5, 0.6) is 0 Å². The van der Waals surface area contributed by atoms with Crippen LogP contribution >= 0.6 is 11.8 Å². The zero-order chi connectivity index (χ0) is 23.6. The molecule has 1 amide bonds. The van der Waals surface area contributed by atoms with E-state index in [1.807, 2.05) is 54.8 Å². The zero-order valence-electron chi connectivity index (χ0n) is 20.5. The predicted molar refractivity (Wildman–Crippen MR) is 145 cm³/mol. The van der Waals surface area contributed by atoms with E-state index < -0.39 is 0 Å². The molecule has 33 heavy (non-hydrogen) atoms. The van der Waals surface area contributed by atoms with E-state index in [9.17, 15) is 4.79 Å². The maximum absolute atomic E-state index is 12.9. The molecule has 176 valence electrons. The van der Waals surface area contributed by atoms with Crippen LogP contribution in [-0.4, -0.2) is 5.91 Å². The van der Waals surface area contributed by atoms with Crippen molar-refractivity contribution in [1.29, 1.82) is 0 Å². The maximum atomic E-state index is 12.9. The highest BCUT2D eigenvalue weighted by Crippen LogP contribution is 2.40. The van der Waals surface area contributed by atoms with Crippen molar-refractivity contribution in [3.05, 3.63) is 77.1 Å². The van der Waals surface area contributed by atoms with E-state index in [4.69, 9.17) is 0 Å². The van der Waals surface area contributed by atoms with Crippen LogP contribution in [0, 0.1) is 17.8 Å². The highest BCUT2D eigenvalue weighted by atomic mass is 32.2. The first-order valence-electron chi connectivity index (χ1n) is 12.5. The topological polar surface area (TPSA) is 29.1 Å². The molecule has 3 rings (SSSR count). The molecule has 0 spiro atoms. The Morgan fingerprint density at radius 1 is 1.09 bits per heavy atom. The van der Waals surface area contributed by atoms with Crippen molar-refractivity contribution in [1.82, 2.24) is 0 Å². The molecule has 3 heteroatoms. The van der Waals surface area contributed by atoms with Gasteiger partial charge in [-0.3, -0.25) is 4.79 Å². The van der Waals surface area contributed by atoms with Crippen molar-refractivity contribution in [2.45, 2.75) is 65.7 Å². The Morgan fingerprint density at radius 2 is 1.76 bits per heavy atom. The fourth-order valence-electron chi connectivity index (χ4n) is 4.90. The van der Waals surface area contributed by atoms with Gasteiger partial charge in [-0.1, -0.05) is 81.8 Å². The lowest BCUT2D eigenvalue weighted by molar-refractivity contribution is -0.112. The van der Waals surface area contributed by atoms with Crippen molar-refractivity contribution >= 4 is 23.4 Å². The van der Waals surface area contributed by atoms with E-state index in [0.717, 1.165) is 28.7 Å². The normalized spacial score (nSPS) is 19.7. The first-order chi connectivity index (χ1) is 16.0. The SMILES string of the molecule is C=C(S/C=C(\C)C(=O)Nc1ccccc1-c1ccccc1)C1CCC(CC(C)CCC)CC1. The standard InChI is InChI=1S/C30H39NOS/c1-5-11-22(2)20-25-16-18-26(19-17-25)24(4)33-21-23(3)30(32)31-29-15-10-9-14-28(29)27-12-7-6-8-13-27/h6-10,12-15,21-22,25-26H,4-5,11,16-20H2,1-3H3,(H,31,32)/b23-21+. The van der Waals surface area contributed by atoms with Crippen LogP contribution in [0.4, 0.5) is 5.69 Å². The van der Waals surface area contributed by atoms with Gasteiger partial charge in [0.05, 0.1) is 0 Å². The van der Waals surface area contributed by atoms with Crippen LogP contribution in [0.15, 0.2) is 77.1 Å². The summed E-state index contributed by atoms with van der Waals surface area (Å²) in [5, 5.41) is 5.07. The second-order valence-corrected chi connectivity index (χ2v) is 10.6. The van der Waals surface area contributed by atoms with Gasteiger partial charge in [0.25, 0.3) is 5.91 Å². The lowest BCUT2D eigenvalue weighted by Gasteiger charge is -2.30. The number of carbonyl (C=O) groups is 1. The van der Waals surface area contributed by atoms with E-state index in [2.05, 4.69) is 37.9 Å². The third kappa shape index (κ3) is 7.64. The highest BCUT2D eigenvalue weighted by molar-refractivity contribution is 8.05. The Bertz CT molecular complexity index is 941. The van der Waals surface area contributed by atoms with E-state index in [0.29, 0.717) is 11.5 Å². The van der Waals surface area contributed by atoms with Gasteiger partial charge in [-0.15, -0.1) is 11.8 Å². The summed E-state index contributed by atoms with van der Waals surface area (Å²) in [4.78, 5) is 14.1. The quantitative estimate of drug-likeness (QED) is 0.357. The monoisotopic (exact) mass is 461 g/mol. The fraction of sp³-hybridized carbons (Fsp3) is 0.433. The average Bonchev–Trinajstić information content (AvgIpc) is 2.83. The van der Waals surface area contributed by atoms with E-state index in [1.165, 1.54) is 49.9 Å². The summed E-state index contributed by atoms with van der Waals surface area (Å²) in [5.41, 5.74) is 3.67. The molecule has 0 aromatic heterocycles. The number of rotatable bonds is 10. The van der Waals surface area contributed by atoms with Gasteiger partial charge >= 0.3 is 0 Å². The van der Waals surface area contributed by atoms with E-state index in [-0.39, 0.29) is 5.91 Å².